The molecule has 0 saturated carbocycles. The van der Waals surface area contributed by atoms with Crippen LogP contribution >= 0.6 is 15.9 Å². The minimum Gasteiger partial charge on any atom is -0.478 e. The molecule has 4 nitrogen and oxygen atoms in total. The van der Waals surface area contributed by atoms with Crippen molar-refractivity contribution in [3.05, 3.63) is 27.7 Å². The lowest BCUT2D eigenvalue weighted by atomic mass is 10.1. The standard InChI is InChI=1S/C9H10BrNO3S/c1-5-3-7(10)6(9(12)13)4-8(5)11-15(2)14/h3-4,11H,1-2H3,(H,12,13). The number of carbonyl (C=O) groups is 1. The second-order valence-corrected chi connectivity index (χ2v) is 4.98. The molecule has 15 heavy (non-hydrogen) atoms. The normalized spacial score (nSPS) is 12.2. The largest absolute Gasteiger partial charge is 0.478 e. The van der Waals surface area contributed by atoms with E-state index in [-0.39, 0.29) is 5.56 Å². The van der Waals surface area contributed by atoms with Crippen molar-refractivity contribution in [3.63, 3.8) is 0 Å². The van der Waals surface area contributed by atoms with Gasteiger partial charge in [0.2, 0.25) is 0 Å². The van der Waals surface area contributed by atoms with Crippen LogP contribution in [0.15, 0.2) is 16.6 Å². The fourth-order valence-corrected chi connectivity index (χ4v) is 2.26. The van der Waals surface area contributed by atoms with Gasteiger partial charge in [-0.25, -0.2) is 9.00 Å². The molecule has 1 aromatic rings. The van der Waals surface area contributed by atoms with E-state index in [9.17, 15) is 9.00 Å². The van der Waals surface area contributed by atoms with E-state index in [1.54, 1.807) is 6.07 Å². The first-order valence-corrected chi connectivity index (χ1v) is 6.40. The molecule has 0 aromatic heterocycles. The second kappa shape index (κ2) is 4.76. The van der Waals surface area contributed by atoms with Gasteiger partial charge in [-0.05, 0) is 40.5 Å². The Balaban J connectivity index is 3.23. The zero-order valence-corrected chi connectivity index (χ0v) is 10.6. The predicted molar refractivity (Wildman–Crippen MR) is 63.5 cm³/mol. The van der Waals surface area contributed by atoms with Crippen LogP contribution < -0.4 is 4.72 Å². The minimum absolute atomic E-state index is 0.147. The van der Waals surface area contributed by atoms with Gasteiger partial charge in [0, 0.05) is 10.7 Å². The highest BCUT2D eigenvalue weighted by Gasteiger charge is 2.11. The van der Waals surface area contributed by atoms with Crippen molar-refractivity contribution < 1.29 is 14.1 Å². The average molecular weight is 292 g/mol. The van der Waals surface area contributed by atoms with Crippen molar-refractivity contribution in [3.8, 4) is 0 Å². The molecular formula is C9H10BrNO3S. The van der Waals surface area contributed by atoms with Crippen LogP contribution in [0.2, 0.25) is 0 Å². The molecule has 0 fully saturated rings. The van der Waals surface area contributed by atoms with Crippen molar-refractivity contribution in [2.24, 2.45) is 0 Å². The van der Waals surface area contributed by atoms with E-state index in [1.165, 1.54) is 12.3 Å². The summed E-state index contributed by atoms with van der Waals surface area (Å²) in [7, 11) is -1.21. The summed E-state index contributed by atoms with van der Waals surface area (Å²) in [5.41, 5.74) is 1.55. The molecule has 0 spiro atoms. The van der Waals surface area contributed by atoms with Crippen LogP contribution in [0.5, 0.6) is 0 Å². The molecule has 0 saturated heterocycles. The first-order valence-electron chi connectivity index (χ1n) is 4.05. The number of nitrogens with one attached hydrogen (secondary N) is 1. The summed E-state index contributed by atoms with van der Waals surface area (Å²) in [6.45, 7) is 1.81. The van der Waals surface area contributed by atoms with Gasteiger partial charge in [0.25, 0.3) is 0 Å². The summed E-state index contributed by atoms with van der Waals surface area (Å²) < 4.78 is 14.2. The topological polar surface area (TPSA) is 66.4 Å². The van der Waals surface area contributed by atoms with Gasteiger partial charge < -0.3 is 9.83 Å². The fourth-order valence-electron chi connectivity index (χ4n) is 1.10. The molecule has 1 unspecified atom stereocenters. The zero-order valence-electron chi connectivity index (χ0n) is 8.20. The Morgan fingerprint density at radius 3 is 2.60 bits per heavy atom. The van der Waals surface area contributed by atoms with Crippen molar-refractivity contribution >= 4 is 38.6 Å². The second-order valence-electron chi connectivity index (χ2n) is 3.01. The third-order valence-corrected chi connectivity index (χ3v) is 2.96. The highest BCUT2D eigenvalue weighted by Crippen LogP contribution is 2.25. The molecule has 82 valence electrons. The Bertz CT molecular complexity index is 434. The molecule has 0 aliphatic rings. The Labute approximate surface area is 98.4 Å². The molecule has 0 bridgehead atoms. The van der Waals surface area contributed by atoms with Crippen LogP contribution in [0.1, 0.15) is 15.9 Å². The van der Waals surface area contributed by atoms with Crippen LogP contribution in [-0.2, 0) is 11.0 Å². The lowest BCUT2D eigenvalue weighted by Gasteiger charge is -2.09. The number of carboxylic acid groups (broad SMARTS) is 1. The Kier molecular flexibility index (Phi) is 3.87. The van der Waals surface area contributed by atoms with Gasteiger partial charge in [-0.2, -0.15) is 0 Å². The lowest BCUT2D eigenvalue weighted by molar-refractivity contribution is 0.0696. The Hall–Kier alpha value is -0.880. The van der Waals surface area contributed by atoms with E-state index in [4.69, 9.17) is 5.11 Å². The molecule has 1 rings (SSSR count). The number of carboxylic acids is 1. The third kappa shape index (κ3) is 3.04. The molecule has 0 aliphatic carbocycles. The summed E-state index contributed by atoms with van der Waals surface area (Å²) >= 11 is 3.16. The molecule has 2 N–H and O–H groups in total. The smallest absolute Gasteiger partial charge is 0.336 e. The van der Waals surface area contributed by atoms with Crippen LogP contribution in [0.25, 0.3) is 0 Å². The highest BCUT2D eigenvalue weighted by molar-refractivity contribution is 9.10. The monoisotopic (exact) mass is 291 g/mol. The summed E-state index contributed by atoms with van der Waals surface area (Å²) in [6.07, 6.45) is 1.49. The molecule has 1 aromatic carbocycles. The molecule has 1 atom stereocenters. The Morgan fingerprint density at radius 1 is 1.53 bits per heavy atom. The fraction of sp³-hybridized carbons (Fsp3) is 0.222. The number of hydrogen-bond donors (Lipinski definition) is 2. The third-order valence-electron chi connectivity index (χ3n) is 1.80. The lowest BCUT2D eigenvalue weighted by Crippen LogP contribution is -2.06. The van der Waals surface area contributed by atoms with E-state index < -0.39 is 17.0 Å². The number of aromatic carboxylic acids is 1. The molecule has 0 amide bonds. The van der Waals surface area contributed by atoms with E-state index >= 15 is 0 Å². The van der Waals surface area contributed by atoms with Gasteiger partial charge in [0.1, 0.15) is 11.0 Å². The molecular weight excluding hydrogens is 282 g/mol. The van der Waals surface area contributed by atoms with Gasteiger partial charge in [0.15, 0.2) is 0 Å². The van der Waals surface area contributed by atoms with Crippen LogP contribution in [0.3, 0.4) is 0 Å². The molecule has 0 radical (unpaired) electrons. The van der Waals surface area contributed by atoms with Gasteiger partial charge in [0.05, 0.1) is 11.3 Å². The molecule has 0 heterocycles. The maximum absolute atomic E-state index is 11.0. The minimum atomic E-state index is -1.21. The van der Waals surface area contributed by atoms with Crippen molar-refractivity contribution in [2.45, 2.75) is 6.92 Å². The van der Waals surface area contributed by atoms with Crippen molar-refractivity contribution in [1.82, 2.24) is 0 Å². The maximum Gasteiger partial charge on any atom is 0.336 e. The first kappa shape index (κ1) is 12.2. The summed E-state index contributed by atoms with van der Waals surface area (Å²) in [6, 6.07) is 3.14. The number of anilines is 1. The zero-order chi connectivity index (χ0) is 11.6. The van der Waals surface area contributed by atoms with E-state index in [0.29, 0.717) is 10.2 Å². The number of aryl methyl sites for hydroxylation is 1. The van der Waals surface area contributed by atoms with Crippen molar-refractivity contribution in [1.29, 1.82) is 0 Å². The van der Waals surface area contributed by atoms with Crippen molar-refractivity contribution in [2.75, 3.05) is 11.0 Å². The SMILES string of the molecule is Cc1cc(Br)c(C(=O)O)cc1NS(C)=O. The predicted octanol–water partition coefficient (Wildman–Crippen LogP) is 2.16. The quantitative estimate of drug-likeness (QED) is 0.897. The van der Waals surface area contributed by atoms with Crippen LogP contribution in [-0.4, -0.2) is 21.5 Å². The summed E-state index contributed by atoms with van der Waals surface area (Å²) in [5.74, 6) is -1.02. The maximum atomic E-state index is 11.0. The number of benzene rings is 1. The number of rotatable bonds is 3. The highest BCUT2D eigenvalue weighted by atomic mass is 79.9. The van der Waals surface area contributed by atoms with E-state index in [1.807, 2.05) is 6.92 Å². The van der Waals surface area contributed by atoms with Crippen LogP contribution in [0, 0.1) is 6.92 Å². The van der Waals surface area contributed by atoms with Gasteiger partial charge in [-0.15, -0.1) is 0 Å². The average Bonchev–Trinajstić information content (AvgIpc) is 2.08. The van der Waals surface area contributed by atoms with Gasteiger partial charge >= 0.3 is 5.97 Å². The summed E-state index contributed by atoms with van der Waals surface area (Å²) in [4.78, 5) is 10.8. The van der Waals surface area contributed by atoms with Crippen LogP contribution in [0.4, 0.5) is 5.69 Å². The molecule has 0 aliphatic heterocycles. The summed E-state index contributed by atoms with van der Waals surface area (Å²) in [5, 5.41) is 8.88. The number of hydrogen-bond acceptors (Lipinski definition) is 2. The van der Waals surface area contributed by atoms with E-state index in [2.05, 4.69) is 20.7 Å². The Morgan fingerprint density at radius 2 is 2.13 bits per heavy atom. The number of halogens is 1. The van der Waals surface area contributed by atoms with Gasteiger partial charge in [-0.3, -0.25) is 0 Å². The molecule has 6 heteroatoms. The van der Waals surface area contributed by atoms with E-state index in [0.717, 1.165) is 5.56 Å². The first-order chi connectivity index (χ1) is 6.91. The van der Waals surface area contributed by atoms with Gasteiger partial charge in [-0.1, -0.05) is 0 Å².